The highest BCUT2D eigenvalue weighted by molar-refractivity contribution is 7.10. The van der Waals surface area contributed by atoms with Gasteiger partial charge in [0.05, 0.1) is 6.54 Å². The van der Waals surface area contributed by atoms with Crippen LogP contribution < -0.4 is 11.1 Å². The van der Waals surface area contributed by atoms with Crippen molar-refractivity contribution in [3.05, 3.63) is 34.5 Å². The van der Waals surface area contributed by atoms with Crippen LogP contribution in [0.3, 0.4) is 0 Å². The highest BCUT2D eigenvalue weighted by Gasteiger charge is 2.05. The Kier molecular flexibility index (Phi) is 5.05. The molecule has 1 unspecified atom stereocenters. The molecule has 1 aromatic rings. The molecule has 0 saturated carbocycles. The Bertz CT molecular complexity index is 354. The van der Waals surface area contributed by atoms with Gasteiger partial charge in [0, 0.05) is 17.3 Å². The topological polar surface area (TPSA) is 50.4 Å². The number of guanidine groups is 1. The summed E-state index contributed by atoms with van der Waals surface area (Å²) in [6.07, 6.45) is 0. The number of nitrogens with zero attached hydrogens (tertiary/aromatic N) is 1. The van der Waals surface area contributed by atoms with Crippen LogP contribution in [0.4, 0.5) is 0 Å². The molecule has 3 N–H and O–H groups in total. The summed E-state index contributed by atoms with van der Waals surface area (Å²) in [5.74, 6) is 0.914. The standard InChI is InChI=1S/C12H19N3S/c1-9(2)7-14-12(13)15-8-10(3)11-5-4-6-16-11/h4-6,10H,1,7-8H2,2-3H3,(H3,13,14,15). The first-order valence-electron chi connectivity index (χ1n) is 5.31. The third kappa shape index (κ3) is 4.49. The molecule has 0 radical (unpaired) electrons. The molecule has 0 aliphatic rings. The van der Waals surface area contributed by atoms with E-state index in [0.717, 1.165) is 12.1 Å². The zero-order valence-electron chi connectivity index (χ0n) is 9.86. The fourth-order valence-corrected chi connectivity index (χ4v) is 1.97. The average molecular weight is 237 g/mol. The average Bonchev–Trinajstić information content (AvgIpc) is 2.76. The second-order valence-electron chi connectivity index (χ2n) is 3.95. The lowest BCUT2D eigenvalue weighted by Crippen LogP contribution is -2.33. The lowest BCUT2D eigenvalue weighted by molar-refractivity contribution is 0.782. The summed E-state index contributed by atoms with van der Waals surface area (Å²) in [7, 11) is 0. The number of thiophene rings is 1. The number of rotatable bonds is 5. The number of nitrogens with two attached hydrogens (primary N) is 1. The Labute approximate surface area is 101 Å². The van der Waals surface area contributed by atoms with E-state index < -0.39 is 0 Å². The van der Waals surface area contributed by atoms with Gasteiger partial charge in [-0.1, -0.05) is 25.1 Å². The molecular formula is C12H19N3S. The molecule has 1 heterocycles. The van der Waals surface area contributed by atoms with Crippen molar-refractivity contribution in [1.29, 1.82) is 0 Å². The van der Waals surface area contributed by atoms with Gasteiger partial charge in [-0.2, -0.15) is 0 Å². The van der Waals surface area contributed by atoms with E-state index in [1.807, 2.05) is 6.92 Å². The van der Waals surface area contributed by atoms with Crippen molar-refractivity contribution in [1.82, 2.24) is 5.32 Å². The van der Waals surface area contributed by atoms with Gasteiger partial charge in [-0.3, -0.25) is 4.99 Å². The third-order valence-corrected chi connectivity index (χ3v) is 3.24. The van der Waals surface area contributed by atoms with E-state index in [9.17, 15) is 0 Å². The number of aliphatic imine (C=N–C) groups is 1. The SMILES string of the molecule is C=C(C)CNC(N)=NCC(C)c1cccs1. The van der Waals surface area contributed by atoms with Crippen molar-refractivity contribution < 1.29 is 0 Å². The molecule has 0 bridgehead atoms. The molecule has 0 saturated heterocycles. The molecule has 4 heteroatoms. The first kappa shape index (κ1) is 12.8. The van der Waals surface area contributed by atoms with E-state index in [4.69, 9.17) is 5.73 Å². The second kappa shape index (κ2) is 6.33. The minimum absolute atomic E-state index is 0.421. The summed E-state index contributed by atoms with van der Waals surface area (Å²) in [5, 5.41) is 5.10. The summed E-state index contributed by atoms with van der Waals surface area (Å²) in [4.78, 5) is 5.64. The maximum atomic E-state index is 5.72. The van der Waals surface area contributed by atoms with E-state index >= 15 is 0 Å². The molecule has 0 amide bonds. The van der Waals surface area contributed by atoms with Crippen LogP contribution in [0.5, 0.6) is 0 Å². The van der Waals surface area contributed by atoms with E-state index in [-0.39, 0.29) is 0 Å². The van der Waals surface area contributed by atoms with Crippen LogP contribution in [0.2, 0.25) is 0 Å². The molecule has 0 aliphatic heterocycles. The molecular weight excluding hydrogens is 218 g/mol. The van der Waals surface area contributed by atoms with Crippen molar-refractivity contribution in [2.24, 2.45) is 10.7 Å². The van der Waals surface area contributed by atoms with Gasteiger partial charge in [-0.25, -0.2) is 0 Å². The molecule has 1 rings (SSSR count). The maximum Gasteiger partial charge on any atom is 0.188 e. The number of nitrogens with one attached hydrogen (secondary N) is 1. The predicted molar refractivity (Wildman–Crippen MR) is 72.0 cm³/mol. The Hall–Kier alpha value is -1.29. The fourth-order valence-electron chi connectivity index (χ4n) is 1.19. The first-order chi connectivity index (χ1) is 7.59. The Morgan fingerprint density at radius 3 is 3.00 bits per heavy atom. The molecule has 1 aromatic heterocycles. The smallest absolute Gasteiger partial charge is 0.188 e. The minimum atomic E-state index is 0.421. The Morgan fingerprint density at radius 2 is 2.44 bits per heavy atom. The van der Waals surface area contributed by atoms with Crippen LogP contribution >= 0.6 is 11.3 Å². The summed E-state index contributed by atoms with van der Waals surface area (Å²) >= 11 is 1.76. The van der Waals surface area contributed by atoms with Crippen molar-refractivity contribution in [3.8, 4) is 0 Å². The predicted octanol–water partition coefficient (Wildman–Crippen LogP) is 2.33. The lowest BCUT2D eigenvalue weighted by Gasteiger charge is -2.08. The maximum absolute atomic E-state index is 5.72. The van der Waals surface area contributed by atoms with Gasteiger partial charge in [0.25, 0.3) is 0 Å². The van der Waals surface area contributed by atoms with Crippen LogP contribution in [0.25, 0.3) is 0 Å². The van der Waals surface area contributed by atoms with Crippen molar-refractivity contribution in [2.45, 2.75) is 19.8 Å². The minimum Gasteiger partial charge on any atom is -0.370 e. The summed E-state index contributed by atoms with van der Waals surface area (Å²) < 4.78 is 0. The third-order valence-electron chi connectivity index (χ3n) is 2.14. The largest absolute Gasteiger partial charge is 0.370 e. The van der Waals surface area contributed by atoms with Crippen LogP contribution in [0, 0.1) is 0 Å². The molecule has 0 aliphatic carbocycles. The number of hydrogen-bond acceptors (Lipinski definition) is 2. The zero-order chi connectivity index (χ0) is 12.0. The van der Waals surface area contributed by atoms with Crippen molar-refractivity contribution in [2.75, 3.05) is 13.1 Å². The van der Waals surface area contributed by atoms with Gasteiger partial charge in [0.15, 0.2) is 5.96 Å². The van der Waals surface area contributed by atoms with Gasteiger partial charge >= 0.3 is 0 Å². The lowest BCUT2D eigenvalue weighted by atomic mass is 10.1. The van der Waals surface area contributed by atoms with E-state index in [1.165, 1.54) is 4.88 Å². The van der Waals surface area contributed by atoms with E-state index in [1.54, 1.807) is 11.3 Å². The molecule has 0 spiro atoms. The molecule has 3 nitrogen and oxygen atoms in total. The molecule has 88 valence electrons. The van der Waals surface area contributed by atoms with Gasteiger partial charge in [0.2, 0.25) is 0 Å². The Morgan fingerprint density at radius 1 is 1.69 bits per heavy atom. The van der Waals surface area contributed by atoms with Crippen LogP contribution in [-0.4, -0.2) is 19.0 Å². The summed E-state index contributed by atoms with van der Waals surface area (Å²) in [5.41, 5.74) is 6.77. The normalized spacial score (nSPS) is 13.5. The molecule has 0 fully saturated rings. The van der Waals surface area contributed by atoms with Crippen molar-refractivity contribution >= 4 is 17.3 Å². The number of hydrogen-bond donors (Lipinski definition) is 2. The van der Waals surface area contributed by atoms with Crippen LogP contribution in [-0.2, 0) is 0 Å². The van der Waals surface area contributed by atoms with Gasteiger partial charge in [-0.05, 0) is 18.4 Å². The highest BCUT2D eigenvalue weighted by atomic mass is 32.1. The van der Waals surface area contributed by atoms with E-state index in [0.29, 0.717) is 18.4 Å². The Balaban J connectivity index is 2.37. The van der Waals surface area contributed by atoms with Gasteiger partial charge in [0.1, 0.15) is 0 Å². The molecule has 1 atom stereocenters. The van der Waals surface area contributed by atoms with Gasteiger partial charge in [-0.15, -0.1) is 11.3 Å². The summed E-state index contributed by atoms with van der Waals surface area (Å²) in [6.45, 7) is 9.30. The quantitative estimate of drug-likeness (QED) is 0.469. The van der Waals surface area contributed by atoms with E-state index in [2.05, 4.69) is 41.3 Å². The van der Waals surface area contributed by atoms with Gasteiger partial charge < -0.3 is 11.1 Å². The first-order valence-corrected chi connectivity index (χ1v) is 6.19. The fraction of sp³-hybridized carbons (Fsp3) is 0.417. The second-order valence-corrected chi connectivity index (χ2v) is 4.93. The highest BCUT2D eigenvalue weighted by Crippen LogP contribution is 2.20. The monoisotopic (exact) mass is 237 g/mol. The zero-order valence-corrected chi connectivity index (χ0v) is 10.7. The molecule has 16 heavy (non-hydrogen) atoms. The summed E-state index contributed by atoms with van der Waals surface area (Å²) in [6, 6.07) is 4.19. The van der Waals surface area contributed by atoms with Crippen molar-refractivity contribution in [3.63, 3.8) is 0 Å². The van der Waals surface area contributed by atoms with Crippen LogP contribution in [0.1, 0.15) is 24.6 Å². The molecule has 0 aromatic carbocycles. The van der Waals surface area contributed by atoms with Crippen LogP contribution in [0.15, 0.2) is 34.7 Å².